The van der Waals surface area contributed by atoms with Crippen molar-refractivity contribution >= 4 is 17.3 Å². The highest BCUT2D eigenvalue weighted by Crippen LogP contribution is 2.25. The van der Waals surface area contributed by atoms with Gasteiger partial charge in [-0.2, -0.15) is 5.10 Å². The van der Waals surface area contributed by atoms with Crippen LogP contribution in [0.25, 0.3) is 0 Å². The highest BCUT2D eigenvalue weighted by molar-refractivity contribution is 6.30. The normalized spacial score (nSPS) is 11.8. The number of rotatable bonds is 4. The summed E-state index contributed by atoms with van der Waals surface area (Å²) in [7, 11) is 1.74. The summed E-state index contributed by atoms with van der Waals surface area (Å²) in [6.45, 7) is 3.58. The molecular formula is C14H15ClFN3O2. The van der Waals surface area contributed by atoms with E-state index >= 15 is 0 Å². The van der Waals surface area contributed by atoms with Gasteiger partial charge in [-0.15, -0.1) is 0 Å². The topological polar surface area (TPSA) is 59.6 Å². The molecule has 0 aliphatic carbocycles. The molecule has 0 aliphatic heterocycles. The van der Waals surface area contributed by atoms with E-state index in [-0.39, 0.29) is 12.3 Å². The molecule has 1 heterocycles. The fraction of sp³-hybridized carbons (Fsp3) is 0.286. The number of aryl methyl sites for hydroxylation is 2. The second kappa shape index (κ2) is 6.13. The summed E-state index contributed by atoms with van der Waals surface area (Å²) >= 11 is 6.13. The minimum atomic E-state index is -0.434. The van der Waals surface area contributed by atoms with Crippen molar-refractivity contribution < 1.29 is 14.3 Å². The first-order valence-corrected chi connectivity index (χ1v) is 6.61. The largest absolute Gasteiger partial charge is 0.488 e. The van der Waals surface area contributed by atoms with Gasteiger partial charge in [0, 0.05) is 18.2 Å². The fourth-order valence-corrected chi connectivity index (χ4v) is 2.18. The van der Waals surface area contributed by atoms with Crippen molar-refractivity contribution in [3.05, 3.63) is 46.0 Å². The van der Waals surface area contributed by atoms with Crippen molar-refractivity contribution in [3.63, 3.8) is 0 Å². The van der Waals surface area contributed by atoms with Gasteiger partial charge in [-0.3, -0.25) is 4.68 Å². The number of nitrogens with zero attached hydrogens (tertiary/aromatic N) is 3. The Hall–Kier alpha value is -2.08. The zero-order valence-corrected chi connectivity index (χ0v) is 12.6. The lowest BCUT2D eigenvalue weighted by Crippen LogP contribution is -2.04. The van der Waals surface area contributed by atoms with Crippen LogP contribution in [0.1, 0.15) is 23.7 Å². The number of halogens is 2. The minimum Gasteiger partial charge on any atom is -0.488 e. The Kier molecular flexibility index (Phi) is 4.47. The van der Waals surface area contributed by atoms with Gasteiger partial charge in [0.15, 0.2) is 0 Å². The van der Waals surface area contributed by atoms with Crippen LogP contribution in [0.15, 0.2) is 23.4 Å². The van der Waals surface area contributed by atoms with Gasteiger partial charge in [-0.1, -0.05) is 16.8 Å². The zero-order valence-electron chi connectivity index (χ0n) is 11.9. The Balaban J connectivity index is 2.28. The molecule has 0 unspecified atom stereocenters. The van der Waals surface area contributed by atoms with Crippen LogP contribution in [0.5, 0.6) is 5.75 Å². The second-order valence-corrected chi connectivity index (χ2v) is 4.95. The number of hydrogen-bond acceptors (Lipinski definition) is 4. The molecule has 1 aromatic heterocycles. The summed E-state index contributed by atoms with van der Waals surface area (Å²) < 4.78 is 20.5. The number of ether oxygens (including phenoxy) is 1. The molecule has 2 rings (SSSR count). The Morgan fingerprint density at radius 3 is 2.81 bits per heavy atom. The maximum absolute atomic E-state index is 13.3. The Bertz CT molecular complexity index is 698. The lowest BCUT2D eigenvalue weighted by atomic mass is 10.1. The van der Waals surface area contributed by atoms with Crippen LogP contribution in [0.3, 0.4) is 0 Å². The molecule has 0 radical (unpaired) electrons. The van der Waals surface area contributed by atoms with E-state index in [1.54, 1.807) is 18.7 Å². The van der Waals surface area contributed by atoms with Crippen LogP contribution < -0.4 is 4.74 Å². The Labute approximate surface area is 126 Å². The number of oxime groups is 1. The van der Waals surface area contributed by atoms with Gasteiger partial charge in [-0.05, 0) is 32.0 Å². The lowest BCUT2D eigenvalue weighted by Gasteiger charge is -2.11. The van der Waals surface area contributed by atoms with Gasteiger partial charge in [0.2, 0.25) is 0 Å². The van der Waals surface area contributed by atoms with E-state index in [0.29, 0.717) is 16.5 Å². The van der Waals surface area contributed by atoms with Gasteiger partial charge < -0.3 is 9.94 Å². The Morgan fingerprint density at radius 2 is 2.24 bits per heavy atom. The van der Waals surface area contributed by atoms with Crippen molar-refractivity contribution in [2.24, 2.45) is 12.2 Å². The molecule has 0 saturated carbocycles. The summed E-state index contributed by atoms with van der Waals surface area (Å²) in [6, 6.07) is 4.02. The summed E-state index contributed by atoms with van der Waals surface area (Å²) in [5, 5.41) is 16.6. The molecule has 7 heteroatoms. The van der Waals surface area contributed by atoms with Crippen LogP contribution in [0.4, 0.5) is 4.39 Å². The van der Waals surface area contributed by atoms with Crippen molar-refractivity contribution in [2.75, 3.05) is 0 Å². The predicted octanol–water partition coefficient (Wildman–Crippen LogP) is 3.30. The van der Waals surface area contributed by atoms with E-state index in [2.05, 4.69) is 10.3 Å². The third kappa shape index (κ3) is 3.16. The van der Waals surface area contributed by atoms with E-state index in [9.17, 15) is 4.39 Å². The highest BCUT2D eigenvalue weighted by Gasteiger charge is 2.14. The van der Waals surface area contributed by atoms with E-state index in [1.165, 1.54) is 18.2 Å². The molecule has 0 amide bonds. The average Bonchev–Trinajstić information content (AvgIpc) is 2.70. The predicted molar refractivity (Wildman–Crippen MR) is 77.7 cm³/mol. The Morgan fingerprint density at radius 1 is 1.52 bits per heavy atom. The molecule has 2 aromatic rings. The maximum atomic E-state index is 13.3. The monoisotopic (exact) mass is 311 g/mol. The van der Waals surface area contributed by atoms with Crippen molar-refractivity contribution in [1.82, 2.24) is 9.78 Å². The van der Waals surface area contributed by atoms with E-state index in [0.717, 1.165) is 11.3 Å². The van der Waals surface area contributed by atoms with Crippen LogP contribution in [-0.2, 0) is 13.7 Å². The van der Waals surface area contributed by atoms with Crippen LogP contribution in [0.2, 0.25) is 5.15 Å². The summed E-state index contributed by atoms with van der Waals surface area (Å²) in [5.41, 5.74) is 2.17. The molecule has 0 bridgehead atoms. The molecule has 0 atom stereocenters. The first-order chi connectivity index (χ1) is 9.93. The molecule has 0 saturated heterocycles. The maximum Gasteiger partial charge on any atom is 0.133 e. The van der Waals surface area contributed by atoms with Gasteiger partial charge >= 0.3 is 0 Å². The summed E-state index contributed by atoms with van der Waals surface area (Å²) in [4.78, 5) is 0. The van der Waals surface area contributed by atoms with Gasteiger partial charge in [0.1, 0.15) is 23.3 Å². The van der Waals surface area contributed by atoms with E-state index in [1.807, 2.05) is 6.92 Å². The van der Waals surface area contributed by atoms with Crippen LogP contribution in [-0.4, -0.2) is 20.7 Å². The lowest BCUT2D eigenvalue weighted by molar-refractivity contribution is 0.302. The minimum absolute atomic E-state index is 0.190. The number of benzene rings is 1. The van der Waals surface area contributed by atoms with E-state index in [4.69, 9.17) is 21.5 Å². The first-order valence-electron chi connectivity index (χ1n) is 6.23. The van der Waals surface area contributed by atoms with Crippen LogP contribution >= 0.6 is 11.6 Å². The van der Waals surface area contributed by atoms with Gasteiger partial charge in [-0.25, -0.2) is 4.39 Å². The molecule has 5 nitrogen and oxygen atoms in total. The third-order valence-corrected chi connectivity index (χ3v) is 3.60. The zero-order chi connectivity index (χ0) is 15.6. The highest BCUT2D eigenvalue weighted by atomic mass is 35.5. The molecule has 0 fully saturated rings. The number of aromatic nitrogens is 2. The molecule has 21 heavy (non-hydrogen) atoms. The van der Waals surface area contributed by atoms with Crippen molar-refractivity contribution in [3.8, 4) is 5.75 Å². The van der Waals surface area contributed by atoms with Crippen LogP contribution in [0, 0.1) is 12.7 Å². The van der Waals surface area contributed by atoms with Gasteiger partial charge in [0.25, 0.3) is 0 Å². The second-order valence-electron chi connectivity index (χ2n) is 4.59. The van der Waals surface area contributed by atoms with Crippen molar-refractivity contribution in [1.29, 1.82) is 0 Å². The molecule has 1 aromatic carbocycles. The fourth-order valence-electron chi connectivity index (χ4n) is 1.95. The number of hydrogen-bond donors (Lipinski definition) is 1. The molecule has 112 valence electrons. The first kappa shape index (κ1) is 15.3. The molecular weight excluding hydrogens is 297 g/mol. The molecule has 1 N–H and O–H groups in total. The summed E-state index contributed by atoms with van der Waals surface area (Å²) in [6.07, 6.45) is 0. The van der Waals surface area contributed by atoms with Gasteiger partial charge in [0.05, 0.1) is 11.4 Å². The third-order valence-electron chi connectivity index (χ3n) is 3.12. The van der Waals surface area contributed by atoms with E-state index < -0.39 is 5.82 Å². The standard InChI is InChI=1S/C14H15ClFN3O2/c1-8-12(14(15)19(3)17-8)7-21-13-5-4-10(16)6-11(13)9(2)18-20/h4-6,20H,7H2,1-3H3/b18-9-. The molecule has 0 aliphatic rings. The SMILES string of the molecule is C/C(=N/O)c1cc(F)ccc1OCc1c(C)nn(C)c1Cl. The van der Waals surface area contributed by atoms with Crippen molar-refractivity contribution in [2.45, 2.75) is 20.5 Å². The molecule has 0 spiro atoms. The quantitative estimate of drug-likeness (QED) is 0.535. The summed E-state index contributed by atoms with van der Waals surface area (Å²) in [5.74, 6) is -0.0260. The smallest absolute Gasteiger partial charge is 0.133 e. The average molecular weight is 312 g/mol.